The minimum absolute atomic E-state index is 0.243. The van der Waals surface area contributed by atoms with E-state index in [1.165, 1.54) is 0 Å². The lowest BCUT2D eigenvalue weighted by molar-refractivity contribution is -0.521. The smallest absolute Gasteiger partial charge is 0.220 e. The van der Waals surface area contributed by atoms with Gasteiger partial charge in [-0.15, -0.1) is 0 Å². The summed E-state index contributed by atoms with van der Waals surface area (Å²) in [5, 5.41) is 10.7. The van der Waals surface area contributed by atoms with E-state index in [9.17, 15) is 10.1 Å². The maximum Gasteiger partial charge on any atom is 0.220 e. The summed E-state index contributed by atoms with van der Waals surface area (Å²) in [5.41, 5.74) is 0. The standard InChI is InChI=1S/C7H13NO3S/c1-3-6(8(9)10)5-7(12)11-4-2/h6H,3-5H2,1-2H3. The summed E-state index contributed by atoms with van der Waals surface area (Å²) in [6.07, 6.45) is 0.729. The molecule has 0 heterocycles. The maximum absolute atomic E-state index is 10.4. The van der Waals surface area contributed by atoms with Crippen molar-refractivity contribution in [2.45, 2.75) is 32.7 Å². The molecule has 0 aliphatic carbocycles. The molecule has 0 amide bonds. The Morgan fingerprint density at radius 3 is 2.58 bits per heavy atom. The molecule has 4 nitrogen and oxygen atoms in total. The second kappa shape index (κ2) is 5.88. The van der Waals surface area contributed by atoms with Crippen LogP contribution in [0.1, 0.15) is 26.7 Å². The molecule has 0 fully saturated rings. The molecule has 0 N–H and O–H groups in total. The summed E-state index contributed by atoms with van der Waals surface area (Å²) < 4.78 is 4.95. The fourth-order valence-electron chi connectivity index (χ4n) is 0.780. The van der Waals surface area contributed by atoms with Crippen molar-refractivity contribution in [1.82, 2.24) is 0 Å². The maximum atomic E-state index is 10.4. The molecule has 70 valence electrons. The van der Waals surface area contributed by atoms with Crippen LogP contribution >= 0.6 is 12.2 Å². The first-order valence-corrected chi connectivity index (χ1v) is 4.31. The third kappa shape index (κ3) is 4.23. The Kier molecular flexibility index (Phi) is 5.53. The molecular weight excluding hydrogens is 178 g/mol. The van der Waals surface area contributed by atoms with Gasteiger partial charge in [0.15, 0.2) is 5.05 Å². The summed E-state index contributed by atoms with van der Waals surface area (Å²) in [5.74, 6) is 0. The Hall–Kier alpha value is -0.710. The first-order valence-electron chi connectivity index (χ1n) is 3.90. The lowest BCUT2D eigenvalue weighted by Crippen LogP contribution is -2.22. The Morgan fingerprint density at radius 1 is 1.67 bits per heavy atom. The fourth-order valence-corrected chi connectivity index (χ4v) is 1.09. The van der Waals surface area contributed by atoms with E-state index in [2.05, 4.69) is 0 Å². The van der Waals surface area contributed by atoms with E-state index in [1.807, 2.05) is 0 Å². The summed E-state index contributed by atoms with van der Waals surface area (Å²) in [7, 11) is 0. The van der Waals surface area contributed by atoms with Crippen molar-refractivity contribution >= 4 is 17.3 Å². The van der Waals surface area contributed by atoms with Gasteiger partial charge in [-0.05, 0) is 19.1 Å². The third-order valence-corrected chi connectivity index (χ3v) is 1.76. The molecule has 0 bridgehead atoms. The Balaban J connectivity index is 3.85. The van der Waals surface area contributed by atoms with E-state index in [0.29, 0.717) is 18.1 Å². The van der Waals surface area contributed by atoms with E-state index >= 15 is 0 Å². The van der Waals surface area contributed by atoms with Gasteiger partial charge in [-0.1, -0.05) is 6.92 Å². The molecule has 0 spiro atoms. The van der Waals surface area contributed by atoms with Gasteiger partial charge in [0.25, 0.3) is 0 Å². The number of hydrogen-bond acceptors (Lipinski definition) is 4. The minimum Gasteiger partial charge on any atom is -0.487 e. The average molecular weight is 191 g/mol. The van der Waals surface area contributed by atoms with Gasteiger partial charge in [0, 0.05) is 11.3 Å². The lowest BCUT2D eigenvalue weighted by Gasteiger charge is -2.07. The normalized spacial score (nSPS) is 12.2. The van der Waals surface area contributed by atoms with E-state index in [1.54, 1.807) is 13.8 Å². The first-order chi connectivity index (χ1) is 5.61. The number of hydrogen-bond donors (Lipinski definition) is 0. The molecular formula is C7H13NO3S. The molecule has 0 aliphatic heterocycles. The van der Waals surface area contributed by atoms with Crippen molar-refractivity contribution in [3.8, 4) is 0 Å². The van der Waals surface area contributed by atoms with Gasteiger partial charge < -0.3 is 4.74 Å². The van der Waals surface area contributed by atoms with Crippen molar-refractivity contribution in [2.75, 3.05) is 6.61 Å². The largest absolute Gasteiger partial charge is 0.487 e. The Labute approximate surface area is 77.1 Å². The highest BCUT2D eigenvalue weighted by molar-refractivity contribution is 7.80. The molecule has 0 saturated heterocycles. The minimum atomic E-state index is -0.593. The van der Waals surface area contributed by atoms with E-state index in [-0.39, 0.29) is 11.3 Å². The molecule has 0 radical (unpaired) electrons. The Morgan fingerprint density at radius 2 is 2.25 bits per heavy atom. The zero-order valence-corrected chi connectivity index (χ0v) is 8.10. The molecule has 0 aromatic heterocycles. The molecule has 5 heteroatoms. The van der Waals surface area contributed by atoms with Gasteiger partial charge >= 0.3 is 0 Å². The van der Waals surface area contributed by atoms with Crippen LogP contribution in [-0.4, -0.2) is 22.6 Å². The molecule has 1 unspecified atom stereocenters. The van der Waals surface area contributed by atoms with Crippen LogP contribution in [0, 0.1) is 10.1 Å². The van der Waals surface area contributed by atoms with E-state index in [4.69, 9.17) is 17.0 Å². The van der Waals surface area contributed by atoms with Gasteiger partial charge in [0.1, 0.15) is 0 Å². The van der Waals surface area contributed by atoms with Crippen molar-refractivity contribution in [1.29, 1.82) is 0 Å². The van der Waals surface area contributed by atoms with E-state index in [0.717, 1.165) is 0 Å². The summed E-state index contributed by atoms with van der Waals surface area (Å²) >= 11 is 4.79. The average Bonchev–Trinajstić information content (AvgIpc) is 2.00. The van der Waals surface area contributed by atoms with Crippen LogP contribution in [0.25, 0.3) is 0 Å². The van der Waals surface area contributed by atoms with Crippen LogP contribution in [0.5, 0.6) is 0 Å². The highest BCUT2D eigenvalue weighted by Crippen LogP contribution is 2.04. The molecule has 0 saturated carbocycles. The summed E-state index contributed by atoms with van der Waals surface area (Å²) in [6.45, 7) is 4.05. The zero-order valence-electron chi connectivity index (χ0n) is 7.28. The van der Waals surface area contributed by atoms with Crippen LogP contribution in [0.15, 0.2) is 0 Å². The van der Waals surface area contributed by atoms with Gasteiger partial charge in [0.05, 0.1) is 13.0 Å². The molecule has 0 aromatic carbocycles. The predicted molar refractivity (Wildman–Crippen MR) is 49.9 cm³/mol. The molecule has 12 heavy (non-hydrogen) atoms. The van der Waals surface area contributed by atoms with Gasteiger partial charge in [-0.3, -0.25) is 10.1 Å². The van der Waals surface area contributed by atoms with Crippen molar-refractivity contribution < 1.29 is 9.66 Å². The SMILES string of the molecule is CCOC(=S)CC(CC)[N+](=O)[O-]. The number of rotatable bonds is 5. The fraction of sp³-hybridized carbons (Fsp3) is 0.857. The number of thiocarbonyl (C=S) groups is 1. The lowest BCUT2D eigenvalue weighted by atomic mass is 10.2. The number of ether oxygens (including phenoxy) is 1. The topological polar surface area (TPSA) is 52.4 Å². The second-order valence-corrected chi connectivity index (χ2v) is 2.81. The van der Waals surface area contributed by atoms with Crippen LogP contribution < -0.4 is 0 Å². The highest BCUT2D eigenvalue weighted by Gasteiger charge is 2.19. The van der Waals surface area contributed by atoms with Gasteiger partial charge in [-0.2, -0.15) is 0 Å². The monoisotopic (exact) mass is 191 g/mol. The molecule has 0 aliphatic rings. The number of nitro groups is 1. The van der Waals surface area contributed by atoms with Crippen molar-refractivity contribution in [3.63, 3.8) is 0 Å². The quantitative estimate of drug-likeness (QED) is 0.377. The molecule has 0 rings (SSSR count). The van der Waals surface area contributed by atoms with E-state index < -0.39 is 6.04 Å². The highest BCUT2D eigenvalue weighted by atomic mass is 32.1. The van der Waals surface area contributed by atoms with Crippen molar-refractivity contribution in [3.05, 3.63) is 10.1 Å². The second-order valence-electron chi connectivity index (χ2n) is 2.36. The molecule has 1 atom stereocenters. The first kappa shape index (κ1) is 11.3. The van der Waals surface area contributed by atoms with Crippen molar-refractivity contribution in [2.24, 2.45) is 0 Å². The predicted octanol–water partition coefficient (Wildman–Crippen LogP) is 1.80. The Bertz CT molecular complexity index is 172. The third-order valence-electron chi connectivity index (χ3n) is 1.48. The number of nitrogens with zero attached hydrogens (tertiary/aromatic N) is 1. The van der Waals surface area contributed by atoms with Crippen LogP contribution in [0.2, 0.25) is 0 Å². The van der Waals surface area contributed by atoms with Gasteiger partial charge in [0.2, 0.25) is 6.04 Å². The molecule has 0 aromatic rings. The van der Waals surface area contributed by atoms with Gasteiger partial charge in [-0.25, -0.2) is 0 Å². The summed E-state index contributed by atoms with van der Waals surface area (Å²) in [6, 6.07) is -0.593. The van der Waals surface area contributed by atoms with Crippen LogP contribution in [-0.2, 0) is 4.74 Å². The van der Waals surface area contributed by atoms with Crippen LogP contribution in [0.3, 0.4) is 0 Å². The zero-order chi connectivity index (χ0) is 9.56. The summed E-state index contributed by atoms with van der Waals surface area (Å²) in [4.78, 5) is 10.0. The van der Waals surface area contributed by atoms with Crippen LogP contribution in [0.4, 0.5) is 0 Å².